The van der Waals surface area contributed by atoms with Crippen LogP contribution in [0.2, 0.25) is 0 Å². The molecule has 1 fully saturated rings. The summed E-state index contributed by atoms with van der Waals surface area (Å²) in [6.45, 7) is 0.556. The third-order valence-corrected chi connectivity index (χ3v) is 3.72. The number of ether oxygens (including phenoxy) is 2. The van der Waals surface area contributed by atoms with Crippen molar-refractivity contribution in [3.05, 3.63) is 29.8 Å². The molecular formula is C16H21NO2. The topological polar surface area (TPSA) is 42.2 Å². The van der Waals surface area contributed by atoms with Crippen molar-refractivity contribution in [1.82, 2.24) is 0 Å². The van der Waals surface area contributed by atoms with Crippen molar-refractivity contribution >= 4 is 0 Å². The van der Waals surface area contributed by atoms with Gasteiger partial charge in [0.05, 0.1) is 31.8 Å². The summed E-state index contributed by atoms with van der Waals surface area (Å²) in [5.41, 5.74) is 1.10. The van der Waals surface area contributed by atoms with E-state index in [2.05, 4.69) is 6.07 Å². The van der Waals surface area contributed by atoms with E-state index in [1.165, 1.54) is 12.8 Å². The van der Waals surface area contributed by atoms with Gasteiger partial charge in [-0.1, -0.05) is 31.4 Å². The first kappa shape index (κ1) is 13.9. The molecule has 0 bridgehead atoms. The summed E-state index contributed by atoms with van der Waals surface area (Å²) in [5, 5.41) is 9.22. The summed E-state index contributed by atoms with van der Waals surface area (Å²) < 4.78 is 11.2. The van der Waals surface area contributed by atoms with E-state index in [0.29, 0.717) is 6.61 Å². The van der Waals surface area contributed by atoms with Crippen LogP contribution in [0.25, 0.3) is 0 Å². The van der Waals surface area contributed by atoms with Crippen molar-refractivity contribution in [1.29, 1.82) is 5.26 Å². The maximum absolute atomic E-state index is 9.22. The van der Waals surface area contributed by atoms with Gasteiger partial charge in [0.2, 0.25) is 0 Å². The number of hydrogen-bond donors (Lipinski definition) is 0. The smallest absolute Gasteiger partial charge is 0.119 e. The first-order valence-electron chi connectivity index (χ1n) is 6.97. The van der Waals surface area contributed by atoms with Crippen molar-refractivity contribution in [2.24, 2.45) is 5.92 Å². The van der Waals surface area contributed by atoms with Gasteiger partial charge in [0.15, 0.2) is 0 Å². The molecule has 3 heteroatoms. The lowest BCUT2D eigenvalue weighted by Gasteiger charge is -2.20. The first-order valence-corrected chi connectivity index (χ1v) is 6.97. The summed E-state index contributed by atoms with van der Waals surface area (Å²) in [7, 11) is 1.66. The molecule has 1 aliphatic carbocycles. The predicted octanol–water partition coefficient (Wildman–Crippen LogP) is 3.68. The molecule has 0 saturated heterocycles. The number of hydrogen-bond acceptors (Lipinski definition) is 3. The van der Waals surface area contributed by atoms with Gasteiger partial charge < -0.3 is 9.47 Å². The van der Waals surface area contributed by atoms with Crippen molar-refractivity contribution < 1.29 is 9.47 Å². The van der Waals surface area contributed by atoms with Crippen molar-refractivity contribution in [3.63, 3.8) is 0 Å². The predicted molar refractivity (Wildman–Crippen MR) is 73.8 cm³/mol. The highest BCUT2D eigenvalue weighted by atomic mass is 16.5. The van der Waals surface area contributed by atoms with Gasteiger partial charge in [-0.05, 0) is 30.5 Å². The van der Waals surface area contributed by atoms with Crippen LogP contribution in [0.5, 0.6) is 5.75 Å². The molecule has 0 aromatic heterocycles. The lowest BCUT2D eigenvalue weighted by Crippen LogP contribution is -2.21. The van der Waals surface area contributed by atoms with Crippen molar-refractivity contribution in [2.75, 3.05) is 7.11 Å². The van der Waals surface area contributed by atoms with Crippen LogP contribution >= 0.6 is 0 Å². The second-order valence-corrected chi connectivity index (χ2v) is 5.07. The molecule has 1 saturated carbocycles. The molecule has 2 unspecified atom stereocenters. The van der Waals surface area contributed by atoms with Gasteiger partial charge in [-0.2, -0.15) is 5.26 Å². The maximum Gasteiger partial charge on any atom is 0.119 e. The van der Waals surface area contributed by atoms with E-state index in [0.717, 1.165) is 30.6 Å². The van der Waals surface area contributed by atoms with Gasteiger partial charge in [0, 0.05) is 0 Å². The zero-order valence-corrected chi connectivity index (χ0v) is 11.5. The molecule has 0 aliphatic heterocycles. The number of methoxy groups -OCH3 is 1. The summed E-state index contributed by atoms with van der Waals surface area (Å²) in [5.74, 6) is 0.895. The van der Waals surface area contributed by atoms with Gasteiger partial charge in [-0.15, -0.1) is 0 Å². The minimum Gasteiger partial charge on any atom is -0.497 e. The third kappa shape index (κ3) is 3.97. The average Bonchev–Trinajstić information content (AvgIpc) is 2.70. The second-order valence-electron chi connectivity index (χ2n) is 5.07. The van der Waals surface area contributed by atoms with Gasteiger partial charge in [-0.25, -0.2) is 0 Å². The Kier molecular flexibility index (Phi) is 5.23. The molecule has 0 radical (unpaired) electrons. The molecule has 1 aliphatic rings. The molecular weight excluding hydrogens is 238 g/mol. The van der Waals surface area contributed by atoms with E-state index in [9.17, 15) is 5.26 Å². The highest BCUT2D eigenvalue weighted by Gasteiger charge is 2.24. The first-order chi connectivity index (χ1) is 9.33. The van der Waals surface area contributed by atoms with Crippen LogP contribution in [0.15, 0.2) is 24.3 Å². The summed E-state index contributed by atoms with van der Waals surface area (Å²) in [6.07, 6.45) is 5.59. The monoisotopic (exact) mass is 259 g/mol. The highest BCUT2D eigenvalue weighted by Crippen LogP contribution is 2.26. The molecule has 2 rings (SSSR count). The van der Waals surface area contributed by atoms with Gasteiger partial charge in [-0.3, -0.25) is 0 Å². The molecule has 1 aromatic carbocycles. The molecule has 0 amide bonds. The number of rotatable bonds is 4. The molecule has 2 atom stereocenters. The second kappa shape index (κ2) is 7.16. The van der Waals surface area contributed by atoms with Crippen LogP contribution in [-0.2, 0) is 11.3 Å². The Morgan fingerprint density at radius 3 is 2.89 bits per heavy atom. The Morgan fingerprint density at radius 2 is 2.11 bits per heavy atom. The van der Waals surface area contributed by atoms with Crippen LogP contribution in [0, 0.1) is 17.2 Å². The Labute approximate surface area is 115 Å². The molecule has 0 spiro atoms. The highest BCUT2D eigenvalue weighted by molar-refractivity contribution is 5.27. The summed E-state index contributed by atoms with van der Waals surface area (Å²) >= 11 is 0. The average molecular weight is 259 g/mol. The number of benzene rings is 1. The van der Waals surface area contributed by atoms with E-state index in [1.807, 2.05) is 24.3 Å². The quantitative estimate of drug-likeness (QED) is 0.774. The van der Waals surface area contributed by atoms with Gasteiger partial charge in [0.25, 0.3) is 0 Å². The Hall–Kier alpha value is -1.53. The van der Waals surface area contributed by atoms with Crippen molar-refractivity contribution in [3.8, 4) is 11.8 Å². The zero-order chi connectivity index (χ0) is 13.5. The van der Waals surface area contributed by atoms with Gasteiger partial charge in [0.1, 0.15) is 5.75 Å². The van der Waals surface area contributed by atoms with Gasteiger partial charge >= 0.3 is 0 Å². The zero-order valence-electron chi connectivity index (χ0n) is 11.5. The molecule has 0 N–H and O–H groups in total. The van der Waals surface area contributed by atoms with E-state index >= 15 is 0 Å². The Balaban J connectivity index is 1.94. The minimum atomic E-state index is 0.0492. The van der Waals surface area contributed by atoms with Crippen molar-refractivity contribution in [2.45, 2.75) is 44.8 Å². The fraction of sp³-hybridized carbons (Fsp3) is 0.562. The SMILES string of the molecule is COc1cccc(COC2CCCCCC2C#N)c1. The fourth-order valence-corrected chi connectivity index (χ4v) is 2.59. The minimum absolute atomic E-state index is 0.0492. The molecule has 3 nitrogen and oxygen atoms in total. The fourth-order valence-electron chi connectivity index (χ4n) is 2.59. The molecule has 0 heterocycles. The molecule has 102 valence electrons. The Bertz CT molecular complexity index is 439. The number of nitrogens with zero attached hydrogens (tertiary/aromatic N) is 1. The maximum atomic E-state index is 9.22. The van der Waals surface area contributed by atoms with E-state index < -0.39 is 0 Å². The standard InChI is InChI=1S/C16H21NO2/c1-18-15-8-5-6-13(10-15)12-19-16-9-4-2-3-7-14(16)11-17/h5-6,8,10,14,16H,2-4,7,9,12H2,1H3. The van der Waals surface area contributed by atoms with E-state index in [1.54, 1.807) is 7.11 Å². The van der Waals surface area contributed by atoms with Crippen LogP contribution in [0.4, 0.5) is 0 Å². The normalized spacial score (nSPS) is 23.4. The molecule has 19 heavy (non-hydrogen) atoms. The molecule has 1 aromatic rings. The summed E-state index contributed by atoms with van der Waals surface area (Å²) in [4.78, 5) is 0. The van der Waals surface area contributed by atoms with Crippen LogP contribution in [0.1, 0.15) is 37.7 Å². The van der Waals surface area contributed by atoms with E-state index in [4.69, 9.17) is 9.47 Å². The van der Waals surface area contributed by atoms with E-state index in [-0.39, 0.29) is 12.0 Å². The Morgan fingerprint density at radius 1 is 1.26 bits per heavy atom. The lowest BCUT2D eigenvalue weighted by molar-refractivity contribution is 0.0114. The largest absolute Gasteiger partial charge is 0.497 e. The summed E-state index contributed by atoms with van der Waals surface area (Å²) in [6, 6.07) is 10.3. The lowest BCUT2D eigenvalue weighted by atomic mass is 9.99. The van der Waals surface area contributed by atoms with Crippen LogP contribution in [-0.4, -0.2) is 13.2 Å². The van der Waals surface area contributed by atoms with Crippen LogP contribution < -0.4 is 4.74 Å². The number of nitriles is 1. The van der Waals surface area contributed by atoms with Crippen LogP contribution in [0.3, 0.4) is 0 Å². The third-order valence-electron chi connectivity index (χ3n) is 3.72.